The minimum Gasteiger partial charge on any atom is -0.448 e. The fourth-order valence-corrected chi connectivity index (χ4v) is 3.91. The van der Waals surface area contributed by atoms with Crippen molar-refractivity contribution in [3.05, 3.63) is 33.9 Å². The molecule has 6 heteroatoms. The van der Waals surface area contributed by atoms with Crippen molar-refractivity contribution in [1.82, 2.24) is 14.9 Å². The summed E-state index contributed by atoms with van der Waals surface area (Å²) >= 11 is 1.72. The van der Waals surface area contributed by atoms with Crippen molar-refractivity contribution in [1.29, 1.82) is 0 Å². The molecule has 0 aromatic carbocycles. The van der Waals surface area contributed by atoms with Crippen molar-refractivity contribution in [3.63, 3.8) is 0 Å². The van der Waals surface area contributed by atoms with Gasteiger partial charge < -0.3 is 9.32 Å². The summed E-state index contributed by atoms with van der Waals surface area (Å²) in [5, 5.41) is 3.29. The Morgan fingerprint density at radius 3 is 3.05 bits per heavy atom. The summed E-state index contributed by atoms with van der Waals surface area (Å²) < 4.78 is 5.29. The average molecular weight is 319 g/mol. The number of piperidine rings is 1. The van der Waals surface area contributed by atoms with E-state index in [9.17, 15) is 4.79 Å². The molecule has 3 heterocycles. The van der Waals surface area contributed by atoms with Gasteiger partial charge in [-0.25, -0.2) is 9.97 Å². The normalized spacial score (nSPS) is 18.6. The SMILES string of the molecule is CCc1csc(C2CCCN(C(=O)c3ncoc3CC)C2)n1. The highest BCUT2D eigenvalue weighted by Gasteiger charge is 2.29. The number of rotatable bonds is 4. The molecule has 0 N–H and O–H groups in total. The summed E-state index contributed by atoms with van der Waals surface area (Å²) in [4.78, 5) is 23.4. The maximum Gasteiger partial charge on any atom is 0.276 e. The van der Waals surface area contributed by atoms with Gasteiger partial charge in [-0.1, -0.05) is 13.8 Å². The molecule has 1 aliphatic rings. The van der Waals surface area contributed by atoms with Crippen LogP contribution in [-0.2, 0) is 12.8 Å². The zero-order valence-electron chi connectivity index (χ0n) is 13.0. The molecule has 0 bridgehead atoms. The molecule has 2 aromatic rings. The molecule has 1 aliphatic heterocycles. The average Bonchev–Trinajstić information content (AvgIpc) is 3.23. The third-order valence-electron chi connectivity index (χ3n) is 4.15. The van der Waals surface area contributed by atoms with E-state index in [0.29, 0.717) is 23.8 Å². The van der Waals surface area contributed by atoms with Crippen molar-refractivity contribution in [3.8, 4) is 0 Å². The number of nitrogens with zero attached hydrogens (tertiary/aromatic N) is 3. The van der Waals surface area contributed by atoms with Crippen molar-refractivity contribution >= 4 is 17.2 Å². The molecule has 2 aromatic heterocycles. The van der Waals surface area contributed by atoms with E-state index in [2.05, 4.69) is 22.3 Å². The number of aryl methyl sites for hydroxylation is 2. The molecule has 118 valence electrons. The number of hydrogen-bond acceptors (Lipinski definition) is 5. The van der Waals surface area contributed by atoms with E-state index in [1.807, 2.05) is 11.8 Å². The van der Waals surface area contributed by atoms with Crippen LogP contribution in [0.1, 0.15) is 59.6 Å². The summed E-state index contributed by atoms with van der Waals surface area (Å²) in [6.07, 6.45) is 5.12. The molecule has 5 nitrogen and oxygen atoms in total. The molecule has 0 radical (unpaired) electrons. The summed E-state index contributed by atoms with van der Waals surface area (Å²) in [5.41, 5.74) is 1.62. The van der Waals surface area contributed by atoms with Crippen LogP contribution < -0.4 is 0 Å². The van der Waals surface area contributed by atoms with Gasteiger partial charge in [0.15, 0.2) is 12.1 Å². The van der Waals surface area contributed by atoms with Crippen molar-refractivity contribution < 1.29 is 9.21 Å². The van der Waals surface area contributed by atoms with E-state index in [-0.39, 0.29) is 5.91 Å². The number of carbonyl (C=O) groups excluding carboxylic acids is 1. The minimum absolute atomic E-state index is 0.0115. The maximum absolute atomic E-state index is 12.7. The summed E-state index contributed by atoms with van der Waals surface area (Å²) in [6, 6.07) is 0. The lowest BCUT2D eigenvalue weighted by Crippen LogP contribution is -2.39. The molecule has 0 spiro atoms. The van der Waals surface area contributed by atoms with Crippen LogP contribution in [0.4, 0.5) is 0 Å². The first-order valence-electron chi connectivity index (χ1n) is 7.88. The minimum atomic E-state index is -0.0115. The van der Waals surface area contributed by atoms with Gasteiger partial charge in [0.1, 0.15) is 5.76 Å². The molecular formula is C16H21N3O2S. The first-order chi connectivity index (χ1) is 10.7. The van der Waals surface area contributed by atoms with Gasteiger partial charge in [-0.15, -0.1) is 11.3 Å². The predicted octanol–water partition coefficient (Wildman–Crippen LogP) is 3.28. The van der Waals surface area contributed by atoms with Crippen molar-refractivity contribution in [2.24, 2.45) is 0 Å². The third kappa shape index (κ3) is 2.92. The fraction of sp³-hybridized carbons (Fsp3) is 0.562. The second-order valence-electron chi connectivity index (χ2n) is 5.60. The van der Waals surface area contributed by atoms with Crippen LogP contribution in [0.5, 0.6) is 0 Å². The lowest BCUT2D eigenvalue weighted by atomic mass is 9.98. The van der Waals surface area contributed by atoms with E-state index in [4.69, 9.17) is 4.42 Å². The lowest BCUT2D eigenvalue weighted by Gasteiger charge is -2.31. The van der Waals surface area contributed by atoms with Crippen molar-refractivity contribution in [2.45, 2.75) is 45.4 Å². The molecule has 0 saturated carbocycles. The van der Waals surface area contributed by atoms with Crippen LogP contribution >= 0.6 is 11.3 Å². The molecule has 1 fully saturated rings. The Morgan fingerprint density at radius 1 is 1.45 bits per heavy atom. The van der Waals surface area contributed by atoms with Crippen LogP contribution in [-0.4, -0.2) is 33.9 Å². The van der Waals surface area contributed by atoms with Crippen LogP contribution in [0.25, 0.3) is 0 Å². The smallest absolute Gasteiger partial charge is 0.276 e. The fourth-order valence-electron chi connectivity index (χ4n) is 2.88. The Balaban J connectivity index is 1.74. The van der Waals surface area contributed by atoms with Crippen LogP contribution in [0.15, 0.2) is 16.2 Å². The number of amides is 1. The summed E-state index contributed by atoms with van der Waals surface area (Å²) in [7, 11) is 0. The zero-order chi connectivity index (χ0) is 15.5. The summed E-state index contributed by atoms with van der Waals surface area (Å²) in [6.45, 7) is 5.60. The van der Waals surface area contributed by atoms with Crippen LogP contribution in [0, 0.1) is 0 Å². The number of aromatic nitrogens is 2. The van der Waals surface area contributed by atoms with Gasteiger partial charge in [0.25, 0.3) is 5.91 Å². The van der Waals surface area contributed by atoms with E-state index in [1.165, 1.54) is 6.39 Å². The zero-order valence-corrected chi connectivity index (χ0v) is 13.9. The lowest BCUT2D eigenvalue weighted by molar-refractivity contribution is 0.0699. The molecule has 1 amide bonds. The number of thiazole rings is 1. The maximum atomic E-state index is 12.7. The highest BCUT2D eigenvalue weighted by molar-refractivity contribution is 7.09. The number of carbonyl (C=O) groups is 1. The predicted molar refractivity (Wildman–Crippen MR) is 85.3 cm³/mol. The first-order valence-corrected chi connectivity index (χ1v) is 8.76. The topological polar surface area (TPSA) is 59.2 Å². The number of likely N-dealkylation sites (tertiary alicyclic amines) is 1. The number of hydrogen-bond donors (Lipinski definition) is 0. The third-order valence-corrected chi connectivity index (χ3v) is 5.21. The molecule has 1 saturated heterocycles. The monoisotopic (exact) mass is 319 g/mol. The van der Waals surface area contributed by atoms with E-state index >= 15 is 0 Å². The second-order valence-corrected chi connectivity index (χ2v) is 6.49. The Labute approximate surface area is 134 Å². The quantitative estimate of drug-likeness (QED) is 0.868. The number of oxazole rings is 1. The molecule has 1 atom stereocenters. The molecule has 22 heavy (non-hydrogen) atoms. The van der Waals surface area contributed by atoms with Gasteiger partial charge in [-0.2, -0.15) is 0 Å². The first kappa shape index (κ1) is 15.2. The largest absolute Gasteiger partial charge is 0.448 e. The molecule has 1 unspecified atom stereocenters. The highest BCUT2D eigenvalue weighted by atomic mass is 32.1. The van der Waals surface area contributed by atoms with E-state index in [0.717, 1.165) is 43.1 Å². The van der Waals surface area contributed by atoms with E-state index < -0.39 is 0 Å². The Morgan fingerprint density at radius 2 is 2.32 bits per heavy atom. The van der Waals surface area contributed by atoms with Crippen LogP contribution in [0.3, 0.4) is 0 Å². The van der Waals surface area contributed by atoms with Gasteiger partial charge in [0.05, 0.1) is 10.7 Å². The van der Waals surface area contributed by atoms with E-state index in [1.54, 1.807) is 11.3 Å². The van der Waals surface area contributed by atoms with Crippen molar-refractivity contribution in [2.75, 3.05) is 13.1 Å². The standard InChI is InChI=1S/C16H21N3O2S/c1-3-12-9-22-15(18-12)11-6-5-7-19(8-11)16(20)14-13(4-2)21-10-17-14/h9-11H,3-8H2,1-2H3. The van der Waals surface area contributed by atoms with Crippen LogP contribution in [0.2, 0.25) is 0 Å². The molecular weight excluding hydrogens is 298 g/mol. The van der Waals surface area contributed by atoms with Gasteiger partial charge in [0.2, 0.25) is 0 Å². The van der Waals surface area contributed by atoms with Gasteiger partial charge in [-0.05, 0) is 19.3 Å². The Bertz CT molecular complexity index is 649. The summed E-state index contributed by atoms with van der Waals surface area (Å²) in [5.74, 6) is 1.01. The Kier molecular flexibility index (Phi) is 4.57. The second kappa shape index (κ2) is 6.60. The van der Waals surface area contributed by atoms with Gasteiger partial charge >= 0.3 is 0 Å². The molecule has 0 aliphatic carbocycles. The molecule has 3 rings (SSSR count). The highest BCUT2D eigenvalue weighted by Crippen LogP contribution is 2.30. The Hall–Kier alpha value is -1.69. The van der Waals surface area contributed by atoms with Gasteiger partial charge in [0, 0.05) is 30.8 Å². The van der Waals surface area contributed by atoms with Gasteiger partial charge in [-0.3, -0.25) is 4.79 Å².